The minimum absolute atomic E-state index is 0.0255. The molecule has 3 rings (SSSR count). The Labute approximate surface area is 158 Å². The number of thiophene rings is 1. The summed E-state index contributed by atoms with van der Waals surface area (Å²) in [5, 5.41) is 10.2. The maximum atomic E-state index is 12.0. The number of Topliss-reactive ketones (excluding diaryl/α,β-unsaturated/α-hetero) is 1. The van der Waals surface area contributed by atoms with Gasteiger partial charge in [-0.3, -0.25) is 4.79 Å². The lowest BCUT2D eigenvalue weighted by Gasteiger charge is -2.12. The zero-order valence-electron chi connectivity index (χ0n) is 14.3. The minimum Gasteiger partial charge on any atom is -0.493 e. The molecule has 0 atom stereocenters. The lowest BCUT2D eigenvalue weighted by molar-refractivity contribution is 0.102. The van der Waals surface area contributed by atoms with Crippen LogP contribution in [0.15, 0.2) is 39.3 Å². The van der Waals surface area contributed by atoms with Gasteiger partial charge in [-0.25, -0.2) is 0 Å². The van der Waals surface area contributed by atoms with E-state index in [0.717, 1.165) is 0 Å². The van der Waals surface area contributed by atoms with Crippen LogP contribution in [0, 0.1) is 0 Å². The van der Waals surface area contributed by atoms with E-state index < -0.39 is 0 Å². The molecule has 3 aromatic rings. The molecule has 0 amide bonds. The van der Waals surface area contributed by atoms with Crippen molar-refractivity contribution in [2.24, 2.45) is 0 Å². The average Bonchev–Trinajstić information content (AvgIpc) is 3.36. The Kier molecular flexibility index (Phi) is 5.79. The molecule has 0 fully saturated rings. The summed E-state index contributed by atoms with van der Waals surface area (Å²) in [4.78, 5) is 12.8. The van der Waals surface area contributed by atoms with Crippen molar-refractivity contribution in [3.05, 3.63) is 34.5 Å². The van der Waals surface area contributed by atoms with Crippen LogP contribution in [0.25, 0.3) is 11.5 Å². The van der Waals surface area contributed by atoms with Gasteiger partial charge in [0.2, 0.25) is 11.6 Å². The number of carbonyl (C=O) groups is 1. The Balaban J connectivity index is 1.78. The van der Waals surface area contributed by atoms with Crippen LogP contribution in [0.1, 0.15) is 9.67 Å². The van der Waals surface area contributed by atoms with Crippen molar-refractivity contribution in [3.8, 4) is 28.7 Å². The van der Waals surface area contributed by atoms with Crippen LogP contribution < -0.4 is 14.2 Å². The number of methoxy groups -OCH3 is 3. The van der Waals surface area contributed by atoms with E-state index in [1.165, 1.54) is 44.4 Å². The summed E-state index contributed by atoms with van der Waals surface area (Å²) in [6, 6.07) is 7.08. The SMILES string of the molecule is COc1cc(-c2nnc(SCC(=O)c3cccs3)o2)cc(OC)c1OC. The second-order valence-corrected chi connectivity index (χ2v) is 6.85. The molecule has 0 aliphatic heterocycles. The molecule has 1 aromatic carbocycles. The first-order valence-electron chi connectivity index (χ1n) is 7.49. The van der Waals surface area contributed by atoms with Gasteiger partial charge in [0.1, 0.15) is 0 Å². The molecule has 0 saturated carbocycles. The summed E-state index contributed by atoms with van der Waals surface area (Å²) in [7, 11) is 4.60. The van der Waals surface area contributed by atoms with Crippen molar-refractivity contribution in [1.29, 1.82) is 0 Å². The molecule has 0 aliphatic rings. The largest absolute Gasteiger partial charge is 0.493 e. The first-order chi connectivity index (χ1) is 12.7. The monoisotopic (exact) mass is 392 g/mol. The molecule has 0 unspecified atom stereocenters. The molecule has 0 spiro atoms. The van der Waals surface area contributed by atoms with Crippen molar-refractivity contribution < 1.29 is 23.4 Å². The lowest BCUT2D eigenvalue weighted by atomic mass is 10.2. The number of aromatic nitrogens is 2. The van der Waals surface area contributed by atoms with E-state index in [-0.39, 0.29) is 11.5 Å². The fourth-order valence-electron chi connectivity index (χ4n) is 2.22. The Morgan fingerprint density at radius 3 is 2.46 bits per heavy atom. The van der Waals surface area contributed by atoms with Crippen LogP contribution in [0.4, 0.5) is 0 Å². The quantitative estimate of drug-likeness (QED) is 0.423. The van der Waals surface area contributed by atoms with Gasteiger partial charge in [-0.15, -0.1) is 21.5 Å². The van der Waals surface area contributed by atoms with Crippen molar-refractivity contribution in [2.75, 3.05) is 27.1 Å². The highest BCUT2D eigenvalue weighted by Gasteiger charge is 2.18. The van der Waals surface area contributed by atoms with E-state index >= 15 is 0 Å². The lowest BCUT2D eigenvalue weighted by Crippen LogP contribution is -1.98. The van der Waals surface area contributed by atoms with Crippen molar-refractivity contribution >= 4 is 28.9 Å². The zero-order chi connectivity index (χ0) is 18.5. The molecule has 9 heteroatoms. The second kappa shape index (κ2) is 8.24. The number of rotatable bonds is 8. The van der Waals surface area contributed by atoms with Gasteiger partial charge in [0.15, 0.2) is 17.3 Å². The average molecular weight is 392 g/mol. The van der Waals surface area contributed by atoms with Gasteiger partial charge in [-0.05, 0) is 23.6 Å². The molecule has 2 heterocycles. The zero-order valence-corrected chi connectivity index (χ0v) is 16.0. The van der Waals surface area contributed by atoms with Gasteiger partial charge >= 0.3 is 0 Å². The summed E-state index contributed by atoms with van der Waals surface area (Å²) in [5.41, 5.74) is 0.628. The van der Waals surface area contributed by atoms with E-state index in [1.54, 1.807) is 18.2 Å². The van der Waals surface area contributed by atoms with Crippen molar-refractivity contribution in [3.63, 3.8) is 0 Å². The molecular formula is C17H16N2O5S2. The second-order valence-electron chi connectivity index (χ2n) is 4.98. The number of thioether (sulfide) groups is 1. The van der Waals surface area contributed by atoms with Crippen LogP contribution in [0.3, 0.4) is 0 Å². The Bertz CT molecular complexity index is 867. The van der Waals surface area contributed by atoms with Gasteiger partial charge < -0.3 is 18.6 Å². The van der Waals surface area contributed by atoms with E-state index in [1.807, 2.05) is 11.4 Å². The third-order valence-corrected chi connectivity index (χ3v) is 5.17. The van der Waals surface area contributed by atoms with E-state index in [9.17, 15) is 4.79 Å². The first kappa shape index (κ1) is 18.3. The summed E-state index contributed by atoms with van der Waals surface area (Å²) in [5.74, 6) is 2.02. The highest BCUT2D eigenvalue weighted by molar-refractivity contribution is 7.99. The van der Waals surface area contributed by atoms with Crippen molar-refractivity contribution in [1.82, 2.24) is 10.2 Å². The predicted octanol–water partition coefficient (Wildman–Crippen LogP) is 3.80. The first-order valence-corrected chi connectivity index (χ1v) is 9.36. The molecule has 136 valence electrons. The van der Waals surface area contributed by atoms with E-state index in [4.69, 9.17) is 18.6 Å². The van der Waals surface area contributed by atoms with Crippen LogP contribution in [-0.2, 0) is 0 Å². The molecule has 7 nitrogen and oxygen atoms in total. The van der Waals surface area contributed by atoms with Gasteiger partial charge in [-0.2, -0.15) is 0 Å². The maximum absolute atomic E-state index is 12.0. The highest BCUT2D eigenvalue weighted by atomic mass is 32.2. The summed E-state index contributed by atoms with van der Waals surface area (Å²) >= 11 is 2.61. The number of hydrogen-bond donors (Lipinski definition) is 0. The van der Waals surface area contributed by atoms with Gasteiger partial charge in [0.25, 0.3) is 5.22 Å². The Morgan fingerprint density at radius 1 is 1.15 bits per heavy atom. The third-order valence-electron chi connectivity index (χ3n) is 3.44. The number of ether oxygens (including phenoxy) is 3. The molecule has 0 radical (unpaired) electrons. The van der Waals surface area contributed by atoms with Crippen LogP contribution in [0.5, 0.6) is 17.2 Å². The summed E-state index contributed by atoms with van der Waals surface area (Å²) < 4.78 is 21.6. The molecular weight excluding hydrogens is 376 g/mol. The maximum Gasteiger partial charge on any atom is 0.277 e. The Hall–Kier alpha value is -2.52. The van der Waals surface area contributed by atoms with Gasteiger partial charge in [-0.1, -0.05) is 17.8 Å². The van der Waals surface area contributed by atoms with E-state index in [2.05, 4.69) is 10.2 Å². The molecule has 0 aliphatic carbocycles. The summed E-state index contributed by atoms with van der Waals surface area (Å²) in [6.45, 7) is 0. The smallest absolute Gasteiger partial charge is 0.277 e. The van der Waals surface area contributed by atoms with Gasteiger partial charge in [0.05, 0.1) is 32.0 Å². The third kappa shape index (κ3) is 3.83. The van der Waals surface area contributed by atoms with E-state index in [0.29, 0.717) is 38.8 Å². The van der Waals surface area contributed by atoms with Crippen LogP contribution in [-0.4, -0.2) is 43.1 Å². The Morgan fingerprint density at radius 2 is 1.88 bits per heavy atom. The normalized spacial score (nSPS) is 10.6. The number of carbonyl (C=O) groups excluding carboxylic acids is 1. The standard InChI is InChI=1S/C17H16N2O5S2/c1-21-12-7-10(8-13(22-2)15(12)23-3)16-18-19-17(24-16)26-9-11(20)14-5-4-6-25-14/h4-8H,9H2,1-3H3. The summed E-state index contributed by atoms with van der Waals surface area (Å²) in [6.07, 6.45) is 0. The highest BCUT2D eigenvalue weighted by Crippen LogP contribution is 2.41. The van der Waals surface area contributed by atoms with Crippen LogP contribution in [0.2, 0.25) is 0 Å². The minimum atomic E-state index is 0.0255. The topological polar surface area (TPSA) is 83.7 Å². The fraction of sp³-hybridized carbons (Fsp3) is 0.235. The van der Waals surface area contributed by atoms with Crippen molar-refractivity contribution in [2.45, 2.75) is 5.22 Å². The number of nitrogens with zero attached hydrogens (tertiary/aromatic N) is 2. The fourth-order valence-corrected chi connectivity index (χ4v) is 3.63. The van der Waals surface area contributed by atoms with Gasteiger partial charge in [0, 0.05) is 5.56 Å². The number of hydrogen-bond acceptors (Lipinski definition) is 9. The molecule has 0 bridgehead atoms. The number of benzene rings is 1. The molecule has 26 heavy (non-hydrogen) atoms. The van der Waals surface area contributed by atoms with Crippen LogP contribution >= 0.6 is 23.1 Å². The molecule has 2 aromatic heterocycles. The molecule has 0 saturated heterocycles. The number of ketones is 1. The molecule has 0 N–H and O–H groups in total. The predicted molar refractivity (Wildman–Crippen MR) is 98.8 cm³/mol.